The number of rotatable bonds is 5. The molecule has 1 rings (SSSR count). The molecule has 0 radical (unpaired) electrons. The number of amides is 1. The predicted molar refractivity (Wildman–Crippen MR) is 86.5 cm³/mol. The summed E-state index contributed by atoms with van der Waals surface area (Å²) in [6.07, 6.45) is -0.529. The Labute approximate surface area is 128 Å². The maximum Gasteiger partial charge on any atom is 0.263 e. The average molecular weight is 292 g/mol. The number of likely N-dealkylation sites (N-methyl/N-ethyl adjacent to an activating group) is 1. The van der Waals surface area contributed by atoms with Crippen molar-refractivity contribution < 1.29 is 9.53 Å². The maximum atomic E-state index is 12.3. The minimum absolute atomic E-state index is 0.00413. The van der Waals surface area contributed by atoms with Crippen LogP contribution in [0.4, 0.5) is 0 Å². The van der Waals surface area contributed by atoms with Gasteiger partial charge in [-0.3, -0.25) is 4.79 Å². The van der Waals surface area contributed by atoms with Gasteiger partial charge < -0.3 is 15.4 Å². The lowest BCUT2D eigenvalue weighted by Gasteiger charge is -2.27. The first-order valence-corrected chi connectivity index (χ1v) is 7.40. The summed E-state index contributed by atoms with van der Waals surface area (Å²) in [7, 11) is 1.76. The first-order valence-electron chi connectivity index (χ1n) is 7.40. The molecule has 0 aromatic heterocycles. The van der Waals surface area contributed by atoms with Crippen LogP contribution in [-0.4, -0.2) is 36.5 Å². The van der Waals surface area contributed by atoms with Gasteiger partial charge in [-0.2, -0.15) is 0 Å². The van der Waals surface area contributed by atoms with E-state index in [2.05, 4.69) is 26.8 Å². The molecule has 0 spiro atoms. The Morgan fingerprint density at radius 2 is 1.95 bits per heavy atom. The highest BCUT2D eigenvalue weighted by Gasteiger charge is 2.23. The van der Waals surface area contributed by atoms with Gasteiger partial charge in [-0.25, -0.2) is 0 Å². The fraction of sp³-hybridized carbons (Fsp3) is 0.588. The number of benzene rings is 1. The first-order chi connectivity index (χ1) is 9.66. The van der Waals surface area contributed by atoms with E-state index in [1.807, 2.05) is 25.1 Å². The zero-order chi connectivity index (χ0) is 16.2. The molecule has 1 amide bonds. The van der Waals surface area contributed by atoms with E-state index in [4.69, 9.17) is 10.5 Å². The summed E-state index contributed by atoms with van der Waals surface area (Å²) in [5.41, 5.74) is 6.83. The first kappa shape index (κ1) is 17.5. The van der Waals surface area contributed by atoms with Crippen molar-refractivity contribution in [2.24, 2.45) is 5.73 Å². The molecule has 0 aliphatic heterocycles. The molecular formula is C17H28N2O2. The van der Waals surface area contributed by atoms with Crippen molar-refractivity contribution >= 4 is 5.91 Å². The van der Waals surface area contributed by atoms with Crippen LogP contribution in [0.1, 0.15) is 40.2 Å². The van der Waals surface area contributed by atoms with Gasteiger partial charge in [0.05, 0.1) is 0 Å². The Balaban J connectivity index is 2.79. The molecule has 0 saturated heterocycles. The van der Waals surface area contributed by atoms with Gasteiger partial charge in [-0.05, 0) is 37.0 Å². The summed E-state index contributed by atoms with van der Waals surface area (Å²) < 4.78 is 5.80. The van der Waals surface area contributed by atoms with E-state index < -0.39 is 6.10 Å². The molecule has 4 nitrogen and oxygen atoms in total. The van der Waals surface area contributed by atoms with E-state index in [1.54, 1.807) is 18.9 Å². The topological polar surface area (TPSA) is 55.6 Å². The highest BCUT2D eigenvalue weighted by atomic mass is 16.5. The van der Waals surface area contributed by atoms with E-state index >= 15 is 0 Å². The molecule has 0 aliphatic carbocycles. The van der Waals surface area contributed by atoms with Crippen LogP contribution >= 0.6 is 0 Å². The van der Waals surface area contributed by atoms with Gasteiger partial charge in [0, 0.05) is 19.6 Å². The number of ether oxygens (including phenoxy) is 1. The molecule has 0 saturated carbocycles. The minimum Gasteiger partial charge on any atom is -0.481 e. The van der Waals surface area contributed by atoms with Crippen molar-refractivity contribution in [1.29, 1.82) is 0 Å². The van der Waals surface area contributed by atoms with Gasteiger partial charge in [0.15, 0.2) is 6.10 Å². The van der Waals surface area contributed by atoms with Gasteiger partial charge in [0.25, 0.3) is 5.91 Å². The van der Waals surface area contributed by atoms with E-state index in [9.17, 15) is 4.79 Å². The van der Waals surface area contributed by atoms with Gasteiger partial charge in [0.1, 0.15) is 5.75 Å². The van der Waals surface area contributed by atoms with Gasteiger partial charge >= 0.3 is 0 Å². The van der Waals surface area contributed by atoms with E-state index in [1.165, 1.54) is 5.56 Å². The molecule has 0 bridgehead atoms. The van der Waals surface area contributed by atoms with E-state index in [-0.39, 0.29) is 17.4 Å². The molecule has 1 aromatic carbocycles. The maximum absolute atomic E-state index is 12.3. The SMILES string of the molecule is CC(Oc1cccc(C(C)(C)C)c1)C(=O)N(C)C(C)CN. The molecular weight excluding hydrogens is 264 g/mol. The molecule has 0 fully saturated rings. The summed E-state index contributed by atoms with van der Waals surface area (Å²) in [6, 6.07) is 7.91. The average Bonchev–Trinajstić information content (AvgIpc) is 2.44. The molecule has 21 heavy (non-hydrogen) atoms. The third-order valence-corrected chi connectivity index (χ3v) is 3.71. The number of carbonyl (C=O) groups is 1. The molecule has 2 atom stereocenters. The zero-order valence-electron chi connectivity index (χ0n) is 14.0. The summed E-state index contributed by atoms with van der Waals surface area (Å²) in [4.78, 5) is 13.9. The zero-order valence-corrected chi connectivity index (χ0v) is 14.0. The molecule has 2 N–H and O–H groups in total. The fourth-order valence-corrected chi connectivity index (χ4v) is 1.95. The summed E-state index contributed by atoms with van der Waals surface area (Å²) >= 11 is 0. The Morgan fingerprint density at radius 3 is 2.48 bits per heavy atom. The quantitative estimate of drug-likeness (QED) is 0.907. The largest absolute Gasteiger partial charge is 0.481 e. The van der Waals surface area contributed by atoms with Gasteiger partial charge in [0.2, 0.25) is 0 Å². The van der Waals surface area contributed by atoms with Crippen molar-refractivity contribution in [1.82, 2.24) is 4.90 Å². The van der Waals surface area contributed by atoms with Crippen LogP contribution < -0.4 is 10.5 Å². The minimum atomic E-state index is -0.529. The van der Waals surface area contributed by atoms with Crippen molar-refractivity contribution in [3.8, 4) is 5.75 Å². The highest BCUT2D eigenvalue weighted by molar-refractivity contribution is 5.80. The normalized spacial score (nSPS) is 14.4. The fourth-order valence-electron chi connectivity index (χ4n) is 1.95. The molecule has 0 heterocycles. The van der Waals surface area contributed by atoms with Gasteiger partial charge in [-0.1, -0.05) is 32.9 Å². The number of nitrogens with two attached hydrogens (primary N) is 1. The number of carbonyl (C=O) groups excluding carboxylic acids is 1. The highest BCUT2D eigenvalue weighted by Crippen LogP contribution is 2.26. The van der Waals surface area contributed by atoms with Crippen LogP contribution in [0, 0.1) is 0 Å². The Morgan fingerprint density at radius 1 is 1.33 bits per heavy atom. The third-order valence-electron chi connectivity index (χ3n) is 3.71. The lowest BCUT2D eigenvalue weighted by molar-refractivity contribution is -0.138. The van der Waals surface area contributed by atoms with Crippen LogP contribution in [0.5, 0.6) is 5.75 Å². The van der Waals surface area contributed by atoms with E-state index in [0.717, 1.165) is 5.75 Å². The van der Waals surface area contributed by atoms with Crippen LogP contribution in [0.2, 0.25) is 0 Å². The molecule has 0 aliphatic rings. The van der Waals surface area contributed by atoms with Crippen LogP contribution in [0.3, 0.4) is 0 Å². The Kier molecular flexibility index (Phi) is 5.78. The number of hydrogen-bond donors (Lipinski definition) is 1. The van der Waals surface area contributed by atoms with Crippen molar-refractivity contribution in [2.75, 3.05) is 13.6 Å². The number of hydrogen-bond acceptors (Lipinski definition) is 3. The molecule has 4 heteroatoms. The Bertz CT molecular complexity index is 480. The van der Waals surface area contributed by atoms with Gasteiger partial charge in [-0.15, -0.1) is 0 Å². The monoisotopic (exact) mass is 292 g/mol. The second kappa shape index (κ2) is 6.94. The second-order valence-electron chi connectivity index (χ2n) is 6.57. The molecule has 2 unspecified atom stereocenters. The van der Waals surface area contributed by atoms with Crippen molar-refractivity contribution in [3.63, 3.8) is 0 Å². The predicted octanol–water partition coefficient (Wildman–Crippen LogP) is 2.56. The molecule has 1 aromatic rings. The summed E-state index contributed by atoms with van der Waals surface area (Å²) in [6.45, 7) is 10.6. The van der Waals surface area contributed by atoms with Crippen LogP contribution in [0.15, 0.2) is 24.3 Å². The van der Waals surface area contributed by atoms with Crippen LogP contribution in [0.25, 0.3) is 0 Å². The third kappa shape index (κ3) is 4.74. The van der Waals surface area contributed by atoms with E-state index in [0.29, 0.717) is 6.54 Å². The lowest BCUT2D eigenvalue weighted by Crippen LogP contribution is -2.45. The Hall–Kier alpha value is -1.55. The molecule has 118 valence electrons. The smallest absolute Gasteiger partial charge is 0.263 e. The lowest BCUT2D eigenvalue weighted by atomic mass is 9.87. The summed E-state index contributed by atoms with van der Waals surface area (Å²) in [5.74, 6) is 0.659. The standard InChI is InChI=1S/C17H28N2O2/c1-12(11-18)19(6)16(20)13(2)21-15-9-7-8-14(10-15)17(3,4)5/h7-10,12-13H,11,18H2,1-6H3. The number of nitrogens with zero attached hydrogens (tertiary/aromatic N) is 1. The summed E-state index contributed by atoms with van der Waals surface area (Å²) in [5, 5.41) is 0. The van der Waals surface area contributed by atoms with Crippen LogP contribution in [-0.2, 0) is 10.2 Å². The van der Waals surface area contributed by atoms with Crippen molar-refractivity contribution in [3.05, 3.63) is 29.8 Å². The van der Waals surface area contributed by atoms with Crippen molar-refractivity contribution in [2.45, 2.75) is 52.2 Å². The second-order valence-corrected chi connectivity index (χ2v) is 6.57.